The Hall–Kier alpha value is -2.75. The Morgan fingerprint density at radius 1 is 1.48 bits per heavy atom. The van der Waals surface area contributed by atoms with E-state index in [4.69, 9.17) is 4.74 Å². The van der Waals surface area contributed by atoms with Crippen LogP contribution >= 0.6 is 0 Å². The monoisotopic (exact) mass is 344 g/mol. The van der Waals surface area contributed by atoms with Gasteiger partial charge in [0.2, 0.25) is 5.91 Å². The molecule has 134 valence electrons. The second-order valence-corrected chi connectivity index (χ2v) is 6.64. The Balaban J connectivity index is 2.03. The van der Waals surface area contributed by atoms with Crippen LogP contribution in [0.3, 0.4) is 0 Å². The second kappa shape index (κ2) is 7.43. The maximum Gasteiger partial charge on any atom is 0.414 e. The highest BCUT2D eigenvalue weighted by atomic mass is 16.6. The third-order valence-electron chi connectivity index (χ3n) is 4.50. The van der Waals surface area contributed by atoms with E-state index in [1.807, 2.05) is 39.0 Å². The van der Waals surface area contributed by atoms with Crippen molar-refractivity contribution in [2.24, 2.45) is 5.92 Å². The SMILES string of the molecule is Cc1ccc(NCC(=O)NC(C)(C#N)C(C)C)cc1N1CCOC1=O. The molecular weight excluding hydrogens is 320 g/mol. The van der Waals surface area contributed by atoms with Crippen LogP contribution in [0.25, 0.3) is 0 Å². The lowest BCUT2D eigenvalue weighted by Crippen LogP contribution is -2.50. The second-order valence-electron chi connectivity index (χ2n) is 6.64. The summed E-state index contributed by atoms with van der Waals surface area (Å²) in [6.07, 6.45) is -0.361. The van der Waals surface area contributed by atoms with Crippen LogP contribution in [0.15, 0.2) is 18.2 Å². The van der Waals surface area contributed by atoms with Gasteiger partial charge in [-0.3, -0.25) is 9.69 Å². The van der Waals surface area contributed by atoms with Gasteiger partial charge in [-0.25, -0.2) is 4.79 Å². The number of hydrogen-bond donors (Lipinski definition) is 2. The third kappa shape index (κ3) is 4.21. The number of ether oxygens (including phenoxy) is 1. The number of cyclic esters (lactones) is 1. The Morgan fingerprint density at radius 3 is 2.76 bits per heavy atom. The van der Waals surface area contributed by atoms with E-state index in [1.165, 1.54) is 0 Å². The first-order valence-electron chi connectivity index (χ1n) is 8.28. The first-order chi connectivity index (χ1) is 11.8. The van der Waals surface area contributed by atoms with E-state index in [0.29, 0.717) is 13.2 Å². The molecule has 2 rings (SSSR count). The van der Waals surface area contributed by atoms with Crippen LogP contribution in [0.5, 0.6) is 0 Å². The number of carbonyl (C=O) groups is 2. The molecule has 1 unspecified atom stereocenters. The predicted molar refractivity (Wildman–Crippen MR) is 95.4 cm³/mol. The van der Waals surface area contributed by atoms with E-state index in [-0.39, 0.29) is 24.5 Å². The molecule has 1 heterocycles. The van der Waals surface area contributed by atoms with Crippen molar-refractivity contribution in [1.29, 1.82) is 5.26 Å². The Labute approximate surface area is 147 Å². The van der Waals surface area contributed by atoms with E-state index in [0.717, 1.165) is 16.9 Å². The van der Waals surface area contributed by atoms with Crippen molar-refractivity contribution in [3.63, 3.8) is 0 Å². The van der Waals surface area contributed by atoms with E-state index in [9.17, 15) is 14.9 Å². The number of benzene rings is 1. The fourth-order valence-corrected chi connectivity index (χ4v) is 2.44. The number of nitriles is 1. The van der Waals surface area contributed by atoms with Crippen molar-refractivity contribution in [2.45, 2.75) is 33.2 Å². The molecular formula is C18H24N4O3. The van der Waals surface area contributed by atoms with Crippen LogP contribution in [0.4, 0.5) is 16.2 Å². The molecule has 1 saturated heterocycles. The summed E-state index contributed by atoms with van der Waals surface area (Å²) in [5.74, 6) is -0.269. The molecule has 0 aromatic heterocycles. The maximum atomic E-state index is 12.1. The molecule has 1 aliphatic rings. The summed E-state index contributed by atoms with van der Waals surface area (Å²) in [5.41, 5.74) is 1.53. The number of amides is 2. The van der Waals surface area contributed by atoms with Crippen molar-refractivity contribution in [3.05, 3.63) is 23.8 Å². The van der Waals surface area contributed by atoms with Crippen molar-refractivity contribution in [3.8, 4) is 6.07 Å². The van der Waals surface area contributed by atoms with Crippen LogP contribution in [0.1, 0.15) is 26.3 Å². The van der Waals surface area contributed by atoms with Crippen LogP contribution in [-0.4, -0.2) is 37.2 Å². The quantitative estimate of drug-likeness (QED) is 0.826. The molecule has 2 amide bonds. The normalized spacial score (nSPS) is 16.2. The highest BCUT2D eigenvalue weighted by molar-refractivity contribution is 5.91. The number of carbonyl (C=O) groups excluding carboxylic acids is 2. The lowest BCUT2D eigenvalue weighted by molar-refractivity contribution is -0.121. The maximum absolute atomic E-state index is 12.1. The number of rotatable bonds is 6. The van der Waals surface area contributed by atoms with Crippen LogP contribution in [-0.2, 0) is 9.53 Å². The number of aryl methyl sites for hydroxylation is 1. The van der Waals surface area contributed by atoms with Gasteiger partial charge < -0.3 is 15.4 Å². The van der Waals surface area contributed by atoms with Gasteiger partial charge in [0.15, 0.2) is 0 Å². The molecule has 2 N–H and O–H groups in total. The van der Waals surface area contributed by atoms with Crippen LogP contribution < -0.4 is 15.5 Å². The minimum Gasteiger partial charge on any atom is -0.447 e. The van der Waals surface area contributed by atoms with Crippen molar-refractivity contribution in [2.75, 3.05) is 29.9 Å². The third-order valence-corrected chi connectivity index (χ3v) is 4.50. The highest BCUT2D eigenvalue weighted by Gasteiger charge is 2.30. The average Bonchev–Trinajstić information content (AvgIpc) is 2.99. The van der Waals surface area contributed by atoms with Gasteiger partial charge in [-0.2, -0.15) is 5.26 Å². The number of nitrogens with zero attached hydrogens (tertiary/aromatic N) is 2. The summed E-state index contributed by atoms with van der Waals surface area (Å²) >= 11 is 0. The van der Waals surface area contributed by atoms with E-state index < -0.39 is 5.54 Å². The van der Waals surface area contributed by atoms with Crippen LogP contribution in [0.2, 0.25) is 0 Å². The van der Waals surface area contributed by atoms with E-state index >= 15 is 0 Å². The number of nitrogens with one attached hydrogen (secondary N) is 2. The fourth-order valence-electron chi connectivity index (χ4n) is 2.44. The summed E-state index contributed by atoms with van der Waals surface area (Å²) < 4.78 is 4.97. The lowest BCUT2D eigenvalue weighted by atomic mass is 9.90. The molecule has 1 aromatic carbocycles. The average molecular weight is 344 g/mol. The number of anilines is 2. The molecule has 1 atom stereocenters. The fraction of sp³-hybridized carbons (Fsp3) is 0.500. The zero-order valence-electron chi connectivity index (χ0n) is 15.0. The number of hydrogen-bond acceptors (Lipinski definition) is 5. The summed E-state index contributed by atoms with van der Waals surface area (Å²) in [5, 5.41) is 15.1. The Bertz CT molecular complexity index is 711. The van der Waals surface area contributed by atoms with Gasteiger partial charge in [-0.05, 0) is 37.5 Å². The largest absolute Gasteiger partial charge is 0.447 e. The highest BCUT2D eigenvalue weighted by Crippen LogP contribution is 2.26. The standard InChI is InChI=1S/C18H24N4O3/c1-12(2)18(4,11-19)21-16(23)10-20-14-6-5-13(3)15(9-14)22-7-8-25-17(22)24/h5-6,9,12,20H,7-8,10H2,1-4H3,(H,21,23). The van der Waals surface area contributed by atoms with Crippen LogP contribution in [0, 0.1) is 24.2 Å². The lowest BCUT2D eigenvalue weighted by Gasteiger charge is -2.27. The first-order valence-corrected chi connectivity index (χ1v) is 8.28. The summed E-state index contributed by atoms with van der Waals surface area (Å²) in [6.45, 7) is 8.32. The molecule has 0 aliphatic carbocycles. The molecule has 0 spiro atoms. The van der Waals surface area contributed by atoms with E-state index in [2.05, 4.69) is 16.7 Å². The van der Waals surface area contributed by atoms with Gasteiger partial charge in [-0.1, -0.05) is 19.9 Å². The molecule has 7 nitrogen and oxygen atoms in total. The Kier molecular flexibility index (Phi) is 5.52. The molecule has 7 heteroatoms. The minimum atomic E-state index is -0.906. The Morgan fingerprint density at radius 2 is 2.20 bits per heavy atom. The molecule has 0 bridgehead atoms. The van der Waals surface area contributed by atoms with Gasteiger partial charge in [0, 0.05) is 5.69 Å². The van der Waals surface area contributed by atoms with Gasteiger partial charge in [0.05, 0.1) is 24.8 Å². The summed E-state index contributed by atoms with van der Waals surface area (Å²) in [7, 11) is 0. The predicted octanol–water partition coefficient (Wildman–Crippen LogP) is 2.42. The molecule has 1 fully saturated rings. The molecule has 1 aliphatic heterocycles. The van der Waals surface area contributed by atoms with Crippen molar-refractivity contribution < 1.29 is 14.3 Å². The van der Waals surface area contributed by atoms with Crippen molar-refractivity contribution in [1.82, 2.24) is 5.32 Å². The molecule has 1 aromatic rings. The van der Waals surface area contributed by atoms with E-state index in [1.54, 1.807) is 11.8 Å². The van der Waals surface area contributed by atoms with Gasteiger partial charge in [0.25, 0.3) is 0 Å². The van der Waals surface area contributed by atoms with Gasteiger partial charge in [-0.15, -0.1) is 0 Å². The molecule has 0 saturated carbocycles. The van der Waals surface area contributed by atoms with Gasteiger partial charge in [0.1, 0.15) is 12.1 Å². The van der Waals surface area contributed by atoms with Crippen molar-refractivity contribution >= 4 is 23.4 Å². The summed E-state index contributed by atoms with van der Waals surface area (Å²) in [4.78, 5) is 25.5. The molecule has 0 radical (unpaired) electrons. The summed E-state index contributed by atoms with van der Waals surface area (Å²) in [6, 6.07) is 7.70. The zero-order valence-corrected chi connectivity index (χ0v) is 15.0. The zero-order chi connectivity index (χ0) is 18.6. The smallest absolute Gasteiger partial charge is 0.414 e. The molecule has 25 heavy (non-hydrogen) atoms. The first kappa shape index (κ1) is 18.6. The topological polar surface area (TPSA) is 94.5 Å². The minimum absolute atomic E-state index is 0.00592. The van der Waals surface area contributed by atoms with Gasteiger partial charge >= 0.3 is 6.09 Å².